The molecular formula is C10H13NO3. The Labute approximate surface area is 82.6 Å². The molecule has 0 aliphatic carbocycles. The summed E-state index contributed by atoms with van der Waals surface area (Å²) in [7, 11) is 1.63. The summed E-state index contributed by atoms with van der Waals surface area (Å²) >= 11 is 0. The fourth-order valence-electron chi connectivity index (χ4n) is 0.919. The van der Waals surface area contributed by atoms with Gasteiger partial charge >= 0.3 is 0 Å². The number of aromatic nitrogens is 1. The van der Waals surface area contributed by atoms with Gasteiger partial charge in [-0.1, -0.05) is 0 Å². The van der Waals surface area contributed by atoms with Crippen LogP contribution in [0.15, 0.2) is 16.3 Å². The first-order valence-corrected chi connectivity index (χ1v) is 4.29. The number of oxazole rings is 1. The zero-order valence-corrected chi connectivity index (χ0v) is 8.48. The van der Waals surface area contributed by atoms with Crippen molar-refractivity contribution in [3.63, 3.8) is 0 Å². The predicted octanol–water partition coefficient (Wildman–Crippen LogP) is 1.93. The van der Waals surface area contributed by atoms with Gasteiger partial charge in [0.1, 0.15) is 12.0 Å². The molecule has 0 saturated heterocycles. The van der Waals surface area contributed by atoms with E-state index in [9.17, 15) is 4.79 Å². The van der Waals surface area contributed by atoms with Gasteiger partial charge in [-0.2, -0.15) is 0 Å². The number of aldehydes is 1. The Balaban J connectivity index is 2.80. The first-order valence-electron chi connectivity index (χ1n) is 4.29. The molecule has 4 nitrogen and oxygen atoms in total. The van der Waals surface area contributed by atoms with Crippen molar-refractivity contribution < 1.29 is 13.9 Å². The summed E-state index contributed by atoms with van der Waals surface area (Å²) in [6.07, 6.45) is 3.74. The predicted molar refractivity (Wildman–Crippen MR) is 52.0 cm³/mol. The fraction of sp³-hybridized carbons (Fsp3) is 0.400. The molecule has 0 aliphatic heterocycles. The zero-order valence-electron chi connectivity index (χ0n) is 8.48. The van der Waals surface area contributed by atoms with E-state index in [1.165, 1.54) is 6.26 Å². The maximum absolute atomic E-state index is 10.3. The molecule has 0 spiro atoms. The third kappa shape index (κ3) is 2.53. The number of carbonyl (C=O) groups is 1. The molecule has 0 unspecified atom stereocenters. The van der Waals surface area contributed by atoms with Crippen molar-refractivity contribution in [3.8, 4) is 0 Å². The second-order valence-electron chi connectivity index (χ2n) is 2.99. The van der Waals surface area contributed by atoms with Gasteiger partial charge < -0.3 is 9.15 Å². The molecule has 0 bridgehead atoms. The third-order valence-electron chi connectivity index (χ3n) is 2.01. The Bertz CT molecular complexity index is 341. The van der Waals surface area contributed by atoms with Gasteiger partial charge in [0.15, 0.2) is 6.29 Å². The number of carbonyl (C=O) groups excluding carboxylic acids is 1. The van der Waals surface area contributed by atoms with Gasteiger partial charge in [-0.05, 0) is 19.4 Å². The van der Waals surface area contributed by atoms with Crippen LogP contribution in [0.4, 0.5) is 0 Å². The van der Waals surface area contributed by atoms with Crippen LogP contribution in [0, 0.1) is 0 Å². The van der Waals surface area contributed by atoms with E-state index in [0.29, 0.717) is 17.9 Å². The summed E-state index contributed by atoms with van der Waals surface area (Å²) < 4.78 is 10.2. The van der Waals surface area contributed by atoms with Crippen LogP contribution in [0.2, 0.25) is 0 Å². The summed E-state index contributed by atoms with van der Waals surface area (Å²) in [6, 6.07) is 0. The first kappa shape index (κ1) is 10.7. The van der Waals surface area contributed by atoms with E-state index < -0.39 is 0 Å². The number of methoxy groups -OCH3 is 1. The zero-order chi connectivity index (χ0) is 10.6. The van der Waals surface area contributed by atoms with Gasteiger partial charge in [-0.25, -0.2) is 4.98 Å². The highest BCUT2D eigenvalue weighted by atomic mass is 16.5. The van der Waals surface area contributed by atoms with Crippen molar-refractivity contribution in [2.45, 2.75) is 20.0 Å². The highest BCUT2D eigenvalue weighted by Gasteiger charge is 2.04. The molecule has 0 aliphatic rings. The fourth-order valence-corrected chi connectivity index (χ4v) is 0.919. The second kappa shape index (κ2) is 4.72. The molecule has 0 N–H and O–H groups in total. The van der Waals surface area contributed by atoms with E-state index in [2.05, 4.69) is 4.98 Å². The molecule has 1 rings (SSSR count). The summed E-state index contributed by atoms with van der Waals surface area (Å²) in [5.74, 6) is 0.425. The van der Waals surface area contributed by atoms with Crippen molar-refractivity contribution in [3.05, 3.63) is 23.4 Å². The van der Waals surface area contributed by atoms with Crippen molar-refractivity contribution in [1.29, 1.82) is 0 Å². The van der Waals surface area contributed by atoms with E-state index in [-0.39, 0.29) is 6.10 Å². The van der Waals surface area contributed by atoms with E-state index >= 15 is 0 Å². The SMILES string of the molecule is CO[C@H](C)/C(C)=C\c1nc(C=O)co1. The van der Waals surface area contributed by atoms with Crippen LogP contribution in [0.3, 0.4) is 0 Å². The van der Waals surface area contributed by atoms with Crippen LogP contribution in [-0.4, -0.2) is 24.5 Å². The lowest BCUT2D eigenvalue weighted by Crippen LogP contribution is -2.05. The Kier molecular flexibility index (Phi) is 3.59. The average molecular weight is 195 g/mol. The largest absolute Gasteiger partial charge is 0.444 e. The quantitative estimate of drug-likeness (QED) is 0.689. The molecule has 0 amide bonds. The maximum atomic E-state index is 10.3. The molecule has 76 valence electrons. The minimum atomic E-state index is 0.0154. The Hall–Kier alpha value is -1.42. The molecule has 1 aromatic heterocycles. The van der Waals surface area contributed by atoms with Crippen LogP contribution in [0.5, 0.6) is 0 Å². The van der Waals surface area contributed by atoms with Gasteiger partial charge in [-0.3, -0.25) is 4.79 Å². The number of rotatable bonds is 4. The Morgan fingerprint density at radius 3 is 2.93 bits per heavy atom. The lowest BCUT2D eigenvalue weighted by molar-refractivity contribution is 0.111. The van der Waals surface area contributed by atoms with Crippen molar-refractivity contribution >= 4 is 12.4 Å². The van der Waals surface area contributed by atoms with Crippen molar-refractivity contribution in [2.24, 2.45) is 0 Å². The van der Waals surface area contributed by atoms with Crippen molar-refractivity contribution in [2.75, 3.05) is 7.11 Å². The summed E-state index contributed by atoms with van der Waals surface area (Å²) in [6.45, 7) is 3.84. The van der Waals surface area contributed by atoms with Gasteiger partial charge in [0.25, 0.3) is 0 Å². The number of hydrogen-bond acceptors (Lipinski definition) is 4. The molecule has 1 heterocycles. The molecule has 0 aromatic carbocycles. The number of nitrogens with zero attached hydrogens (tertiary/aromatic N) is 1. The summed E-state index contributed by atoms with van der Waals surface area (Å²) in [5, 5.41) is 0. The van der Waals surface area contributed by atoms with E-state index in [1.807, 2.05) is 13.8 Å². The minimum Gasteiger partial charge on any atom is -0.444 e. The molecular weight excluding hydrogens is 182 g/mol. The van der Waals surface area contributed by atoms with Crippen LogP contribution in [0.25, 0.3) is 6.08 Å². The van der Waals surface area contributed by atoms with Crippen LogP contribution in [-0.2, 0) is 4.74 Å². The smallest absolute Gasteiger partial charge is 0.219 e. The maximum Gasteiger partial charge on any atom is 0.219 e. The van der Waals surface area contributed by atoms with Crippen LogP contribution in [0.1, 0.15) is 30.2 Å². The monoisotopic (exact) mass is 195 g/mol. The van der Waals surface area contributed by atoms with E-state index in [0.717, 1.165) is 5.57 Å². The Morgan fingerprint density at radius 2 is 2.43 bits per heavy atom. The molecule has 0 saturated carbocycles. The highest BCUT2D eigenvalue weighted by Crippen LogP contribution is 2.10. The molecule has 0 fully saturated rings. The summed E-state index contributed by atoms with van der Waals surface area (Å²) in [4.78, 5) is 14.2. The van der Waals surface area contributed by atoms with Crippen molar-refractivity contribution in [1.82, 2.24) is 4.98 Å². The average Bonchev–Trinajstić information content (AvgIpc) is 2.64. The lowest BCUT2D eigenvalue weighted by atomic mass is 10.2. The lowest BCUT2D eigenvalue weighted by Gasteiger charge is -2.08. The van der Waals surface area contributed by atoms with E-state index in [4.69, 9.17) is 9.15 Å². The van der Waals surface area contributed by atoms with Gasteiger partial charge in [-0.15, -0.1) is 0 Å². The molecule has 0 radical (unpaired) electrons. The van der Waals surface area contributed by atoms with Crippen LogP contribution >= 0.6 is 0 Å². The van der Waals surface area contributed by atoms with Crippen LogP contribution < -0.4 is 0 Å². The molecule has 14 heavy (non-hydrogen) atoms. The summed E-state index contributed by atoms with van der Waals surface area (Å²) in [5.41, 5.74) is 1.29. The van der Waals surface area contributed by atoms with Gasteiger partial charge in [0.2, 0.25) is 5.89 Å². The second-order valence-corrected chi connectivity index (χ2v) is 2.99. The minimum absolute atomic E-state index is 0.0154. The highest BCUT2D eigenvalue weighted by molar-refractivity contribution is 5.71. The first-order chi connectivity index (χ1) is 6.67. The molecule has 1 atom stereocenters. The third-order valence-corrected chi connectivity index (χ3v) is 2.01. The van der Waals surface area contributed by atoms with E-state index in [1.54, 1.807) is 13.2 Å². The normalized spacial score (nSPS) is 14.1. The molecule has 1 aromatic rings. The number of ether oxygens (including phenoxy) is 1. The standard InChI is InChI=1S/C10H13NO3/c1-7(8(2)13-3)4-10-11-9(5-12)6-14-10/h4-6,8H,1-3H3/b7-4-/t8-/m1/s1. The molecule has 4 heteroatoms. The number of hydrogen-bond donors (Lipinski definition) is 0. The van der Waals surface area contributed by atoms with Gasteiger partial charge in [0.05, 0.1) is 6.10 Å². The Morgan fingerprint density at radius 1 is 1.71 bits per heavy atom. The topological polar surface area (TPSA) is 52.3 Å². The van der Waals surface area contributed by atoms with Gasteiger partial charge in [0, 0.05) is 13.2 Å².